The maximum absolute atomic E-state index is 12.4. The van der Waals surface area contributed by atoms with Crippen LogP contribution in [-0.4, -0.2) is 47.9 Å². The Kier molecular flexibility index (Phi) is 4.65. The van der Waals surface area contributed by atoms with Gasteiger partial charge in [-0.05, 0) is 30.5 Å². The molecule has 7 heteroatoms. The number of ether oxygens (including phenoxy) is 3. The van der Waals surface area contributed by atoms with Gasteiger partial charge in [0.15, 0.2) is 11.5 Å². The zero-order valence-corrected chi connectivity index (χ0v) is 14.3. The van der Waals surface area contributed by atoms with E-state index in [4.69, 9.17) is 14.2 Å². The number of likely N-dealkylation sites (tertiary alicyclic amines) is 1. The van der Waals surface area contributed by atoms with Crippen molar-refractivity contribution in [3.05, 3.63) is 35.9 Å². The van der Waals surface area contributed by atoms with Gasteiger partial charge in [-0.2, -0.15) is 0 Å². The minimum Gasteiger partial charge on any atom is -0.454 e. The van der Waals surface area contributed by atoms with E-state index in [0.29, 0.717) is 30.9 Å². The lowest BCUT2D eigenvalue weighted by molar-refractivity contribution is -0.142. The summed E-state index contributed by atoms with van der Waals surface area (Å²) in [6, 6.07) is 5.51. The third-order valence-electron chi connectivity index (χ3n) is 5.01. The number of imide groups is 1. The van der Waals surface area contributed by atoms with E-state index in [-0.39, 0.29) is 43.6 Å². The number of fused-ring (bicyclic) bond motifs is 2. The van der Waals surface area contributed by atoms with Crippen LogP contribution in [0.2, 0.25) is 0 Å². The maximum atomic E-state index is 12.4. The van der Waals surface area contributed by atoms with Gasteiger partial charge >= 0.3 is 0 Å². The Morgan fingerprint density at radius 3 is 2.54 bits per heavy atom. The Hall–Kier alpha value is -2.38. The van der Waals surface area contributed by atoms with Gasteiger partial charge in [-0.3, -0.25) is 14.5 Å². The molecule has 1 saturated heterocycles. The van der Waals surface area contributed by atoms with Crippen molar-refractivity contribution in [2.24, 2.45) is 11.8 Å². The van der Waals surface area contributed by atoms with Crippen molar-refractivity contribution in [3.8, 4) is 11.5 Å². The van der Waals surface area contributed by atoms with Crippen LogP contribution < -0.4 is 9.47 Å². The lowest BCUT2D eigenvalue weighted by Gasteiger charge is -2.19. The molecule has 1 fully saturated rings. The molecule has 0 aromatic heterocycles. The van der Waals surface area contributed by atoms with Crippen molar-refractivity contribution in [1.82, 2.24) is 4.90 Å². The Morgan fingerprint density at radius 2 is 1.81 bits per heavy atom. The lowest BCUT2D eigenvalue weighted by atomic mass is 9.85. The molecule has 2 aliphatic heterocycles. The molecule has 7 nitrogen and oxygen atoms in total. The minimum absolute atomic E-state index is 0.0220. The Labute approximate surface area is 151 Å². The van der Waals surface area contributed by atoms with Crippen molar-refractivity contribution >= 4 is 11.8 Å². The number of nitrogens with zero attached hydrogens (tertiary/aromatic N) is 1. The molecule has 0 saturated carbocycles. The van der Waals surface area contributed by atoms with E-state index in [1.807, 2.05) is 30.4 Å². The van der Waals surface area contributed by atoms with Gasteiger partial charge in [0.25, 0.3) is 0 Å². The first-order chi connectivity index (χ1) is 12.6. The standard InChI is InChI=1S/C19H21NO6/c21-13(8-20-18(22)14-3-1-2-4-15(14)19(20)23)10-24-9-12-5-6-16-17(7-12)26-11-25-16/h1-2,5-7,13-15,21H,3-4,8-11H2/t13-,14-,15+/m0/s1. The van der Waals surface area contributed by atoms with E-state index in [0.717, 1.165) is 5.56 Å². The van der Waals surface area contributed by atoms with E-state index in [2.05, 4.69) is 0 Å². The molecule has 2 heterocycles. The van der Waals surface area contributed by atoms with Crippen LogP contribution in [0.3, 0.4) is 0 Å². The van der Waals surface area contributed by atoms with Crippen LogP contribution >= 0.6 is 0 Å². The molecule has 1 aromatic carbocycles. The number of benzene rings is 1. The van der Waals surface area contributed by atoms with Crippen LogP contribution in [-0.2, 0) is 20.9 Å². The summed E-state index contributed by atoms with van der Waals surface area (Å²) in [7, 11) is 0. The first-order valence-corrected chi connectivity index (χ1v) is 8.78. The van der Waals surface area contributed by atoms with E-state index >= 15 is 0 Å². The van der Waals surface area contributed by atoms with Gasteiger partial charge in [0.05, 0.1) is 37.7 Å². The summed E-state index contributed by atoms with van der Waals surface area (Å²) < 4.78 is 16.1. The predicted molar refractivity (Wildman–Crippen MR) is 90.3 cm³/mol. The zero-order valence-electron chi connectivity index (χ0n) is 14.3. The van der Waals surface area contributed by atoms with Gasteiger partial charge in [0.2, 0.25) is 18.6 Å². The largest absolute Gasteiger partial charge is 0.454 e. The monoisotopic (exact) mass is 359 g/mol. The van der Waals surface area contributed by atoms with Crippen LogP contribution in [0.25, 0.3) is 0 Å². The molecule has 0 unspecified atom stereocenters. The van der Waals surface area contributed by atoms with Gasteiger partial charge in [-0.15, -0.1) is 0 Å². The molecule has 4 rings (SSSR count). The van der Waals surface area contributed by atoms with E-state index in [9.17, 15) is 14.7 Å². The van der Waals surface area contributed by atoms with Gasteiger partial charge in [-0.25, -0.2) is 0 Å². The molecular weight excluding hydrogens is 338 g/mol. The maximum Gasteiger partial charge on any atom is 0.233 e. The Morgan fingerprint density at radius 1 is 1.12 bits per heavy atom. The summed E-state index contributed by atoms with van der Waals surface area (Å²) in [5, 5.41) is 10.2. The topological polar surface area (TPSA) is 85.3 Å². The van der Waals surface area contributed by atoms with Crippen molar-refractivity contribution in [2.45, 2.75) is 25.6 Å². The molecule has 0 bridgehead atoms. The third kappa shape index (κ3) is 3.20. The average Bonchev–Trinajstić information content (AvgIpc) is 3.21. The van der Waals surface area contributed by atoms with Crippen molar-refractivity contribution in [3.63, 3.8) is 0 Å². The number of hydrogen-bond acceptors (Lipinski definition) is 6. The van der Waals surface area contributed by atoms with E-state index in [1.165, 1.54) is 4.90 Å². The fraction of sp³-hybridized carbons (Fsp3) is 0.474. The molecule has 1 aliphatic carbocycles. The molecule has 3 atom stereocenters. The van der Waals surface area contributed by atoms with Gasteiger partial charge in [0.1, 0.15) is 0 Å². The molecule has 0 spiro atoms. The third-order valence-corrected chi connectivity index (χ3v) is 5.01. The number of carbonyl (C=O) groups excluding carboxylic acids is 2. The van der Waals surface area contributed by atoms with Gasteiger partial charge < -0.3 is 19.3 Å². The fourth-order valence-electron chi connectivity index (χ4n) is 3.66. The highest BCUT2D eigenvalue weighted by molar-refractivity contribution is 6.05. The highest BCUT2D eigenvalue weighted by Crippen LogP contribution is 2.35. The highest BCUT2D eigenvalue weighted by atomic mass is 16.7. The average molecular weight is 359 g/mol. The molecular formula is C19H21NO6. The summed E-state index contributed by atoms with van der Waals surface area (Å²) >= 11 is 0. The predicted octanol–water partition coefficient (Wildman–Crippen LogP) is 1.24. The van der Waals surface area contributed by atoms with Crippen LogP contribution in [0.4, 0.5) is 0 Å². The SMILES string of the molecule is O=C1[C@H]2CC=CC[C@H]2C(=O)N1C[C@H](O)COCc1ccc2c(c1)OCO2. The number of aliphatic hydroxyl groups is 1. The number of carbonyl (C=O) groups is 2. The van der Waals surface area contributed by atoms with E-state index in [1.54, 1.807) is 0 Å². The summed E-state index contributed by atoms with van der Waals surface area (Å²) in [5.41, 5.74) is 0.895. The normalized spacial score (nSPS) is 24.9. The summed E-state index contributed by atoms with van der Waals surface area (Å²) in [5.74, 6) is 0.480. The number of aliphatic hydroxyl groups excluding tert-OH is 1. The lowest BCUT2D eigenvalue weighted by Crippen LogP contribution is -2.39. The number of β-amino-alcohol motifs (C(OH)–C–C–N with tert-alkyl or cyclic N) is 1. The smallest absolute Gasteiger partial charge is 0.233 e. The Balaban J connectivity index is 1.27. The number of allylic oxidation sites excluding steroid dienone is 2. The molecule has 2 amide bonds. The first kappa shape index (κ1) is 17.1. The second-order valence-corrected chi connectivity index (χ2v) is 6.80. The van der Waals surface area contributed by atoms with Gasteiger partial charge in [-0.1, -0.05) is 18.2 Å². The van der Waals surface area contributed by atoms with E-state index < -0.39 is 6.10 Å². The zero-order chi connectivity index (χ0) is 18.1. The number of amides is 2. The Bertz CT molecular complexity index is 720. The minimum atomic E-state index is -0.912. The van der Waals surface area contributed by atoms with Crippen LogP contribution in [0.15, 0.2) is 30.4 Å². The van der Waals surface area contributed by atoms with Crippen LogP contribution in [0.5, 0.6) is 11.5 Å². The second-order valence-electron chi connectivity index (χ2n) is 6.80. The summed E-state index contributed by atoms with van der Waals surface area (Å²) in [4.78, 5) is 26.0. The molecule has 1 aromatic rings. The van der Waals surface area contributed by atoms with Crippen molar-refractivity contribution in [2.75, 3.05) is 19.9 Å². The first-order valence-electron chi connectivity index (χ1n) is 8.78. The quantitative estimate of drug-likeness (QED) is 0.608. The van der Waals surface area contributed by atoms with Gasteiger partial charge in [0, 0.05) is 0 Å². The van der Waals surface area contributed by atoms with Crippen LogP contribution in [0, 0.1) is 11.8 Å². The summed E-state index contributed by atoms with van der Waals surface area (Å²) in [6.07, 6.45) is 4.18. The second kappa shape index (κ2) is 7.09. The fourth-order valence-corrected chi connectivity index (χ4v) is 3.66. The molecule has 0 radical (unpaired) electrons. The van der Waals surface area contributed by atoms with Crippen LogP contribution in [0.1, 0.15) is 18.4 Å². The highest BCUT2D eigenvalue weighted by Gasteiger charge is 2.47. The summed E-state index contributed by atoms with van der Waals surface area (Å²) in [6.45, 7) is 0.531. The molecule has 138 valence electrons. The van der Waals surface area contributed by atoms with Crippen molar-refractivity contribution in [1.29, 1.82) is 0 Å². The number of rotatable bonds is 6. The van der Waals surface area contributed by atoms with Crippen molar-refractivity contribution < 1.29 is 28.9 Å². The molecule has 3 aliphatic rings. The molecule has 1 N–H and O–H groups in total. The molecule has 26 heavy (non-hydrogen) atoms. The number of hydrogen-bond donors (Lipinski definition) is 1.